The van der Waals surface area contributed by atoms with Crippen molar-refractivity contribution in [1.29, 1.82) is 5.26 Å². The summed E-state index contributed by atoms with van der Waals surface area (Å²) in [6, 6.07) is 12.1. The fourth-order valence-electron chi connectivity index (χ4n) is 2.28. The van der Waals surface area contributed by atoms with Crippen LogP contribution in [-0.4, -0.2) is 32.6 Å². The number of benzene rings is 2. The van der Waals surface area contributed by atoms with Gasteiger partial charge in [-0.1, -0.05) is 62.5 Å². The Balaban J connectivity index is 0.000000436. The highest BCUT2D eigenvalue weighted by Gasteiger charge is 2.12. The van der Waals surface area contributed by atoms with Crippen molar-refractivity contribution in [3.63, 3.8) is 0 Å². The number of nitriles is 1. The molecule has 2 rings (SSSR count). The molecule has 31 heavy (non-hydrogen) atoms. The van der Waals surface area contributed by atoms with Crippen LogP contribution in [0.4, 0.5) is 4.39 Å². The van der Waals surface area contributed by atoms with Crippen molar-refractivity contribution >= 4 is 33.2 Å². The number of sulfonamides is 1. The number of halogens is 3. The SMILES string of the molecule is CC[C@H](C)CN(C)S(C)(=O)=O.CCc1c(F)cccc1Cl.Cc1ccc(C#N)c(Cl)c1. The Hall–Kier alpha value is -1.65. The summed E-state index contributed by atoms with van der Waals surface area (Å²) in [5.41, 5.74) is 2.21. The summed E-state index contributed by atoms with van der Waals surface area (Å²) >= 11 is 11.4. The largest absolute Gasteiger partial charge is 0.213 e. The van der Waals surface area contributed by atoms with E-state index in [0.29, 0.717) is 40.1 Å². The lowest BCUT2D eigenvalue weighted by atomic mass is 10.1. The average Bonchev–Trinajstić information content (AvgIpc) is 2.68. The second-order valence-electron chi connectivity index (χ2n) is 7.21. The zero-order chi connectivity index (χ0) is 24.2. The normalized spacial score (nSPS) is 11.5. The predicted octanol–water partition coefficient (Wildman–Crippen LogP) is 6.49. The fraction of sp³-hybridized carbons (Fsp3) is 0.435. The summed E-state index contributed by atoms with van der Waals surface area (Å²) < 4.78 is 36.0. The topological polar surface area (TPSA) is 61.2 Å². The van der Waals surface area contributed by atoms with E-state index in [1.807, 2.05) is 32.9 Å². The van der Waals surface area contributed by atoms with E-state index >= 15 is 0 Å². The molecule has 0 aliphatic rings. The van der Waals surface area contributed by atoms with E-state index in [4.69, 9.17) is 28.5 Å². The van der Waals surface area contributed by atoms with Crippen LogP contribution in [0.1, 0.15) is 43.9 Å². The highest BCUT2D eigenvalue weighted by atomic mass is 35.5. The lowest BCUT2D eigenvalue weighted by molar-refractivity contribution is 0.396. The first kappa shape index (κ1) is 29.4. The molecule has 8 heteroatoms. The Labute approximate surface area is 196 Å². The molecule has 0 saturated heterocycles. The van der Waals surface area contributed by atoms with E-state index in [2.05, 4.69) is 6.92 Å². The summed E-state index contributed by atoms with van der Waals surface area (Å²) in [5, 5.41) is 9.52. The van der Waals surface area contributed by atoms with E-state index in [0.717, 1.165) is 12.0 Å². The minimum Gasteiger partial charge on any atom is -0.213 e. The Morgan fingerprint density at radius 3 is 2.16 bits per heavy atom. The Morgan fingerprint density at radius 2 is 1.77 bits per heavy atom. The van der Waals surface area contributed by atoms with Gasteiger partial charge in [0.1, 0.15) is 11.9 Å². The predicted molar refractivity (Wildman–Crippen MR) is 129 cm³/mol. The summed E-state index contributed by atoms with van der Waals surface area (Å²) in [6.07, 6.45) is 2.89. The molecule has 0 aliphatic carbocycles. The van der Waals surface area contributed by atoms with Gasteiger partial charge >= 0.3 is 0 Å². The molecule has 0 saturated carbocycles. The molecule has 0 heterocycles. The van der Waals surface area contributed by atoms with Gasteiger partial charge in [-0.3, -0.25) is 0 Å². The molecule has 0 fully saturated rings. The molecular formula is C23H31Cl2FN2O2S. The van der Waals surface area contributed by atoms with Crippen molar-refractivity contribution in [3.8, 4) is 6.07 Å². The van der Waals surface area contributed by atoms with Gasteiger partial charge in [-0.2, -0.15) is 5.26 Å². The molecule has 0 aliphatic heterocycles. The van der Waals surface area contributed by atoms with Crippen LogP contribution in [0.25, 0.3) is 0 Å². The lowest BCUT2D eigenvalue weighted by Gasteiger charge is -2.17. The molecule has 0 unspecified atom stereocenters. The molecule has 0 bridgehead atoms. The van der Waals surface area contributed by atoms with Crippen molar-refractivity contribution < 1.29 is 12.8 Å². The molecule has 0 aromatic heterocycles. The van der Waals surface area contributed by atoms with E-state index in [1.165, 1.54) is 16.6 Å². The van der Waals surface area contributed by atoms with Crippen LogP contribution in [0, 0.1) is 30.0 Å². The van der Waals surface area contributed by atoms with E-state index < -0.39 is 10.0 Å². The fourth-order valence-corrected chi connectivity index (χ4v) is 3.38. The van der Waals surface area contributed by atoms with Crippen molar-refractivity contribution in [2.75, 3.05) is 19.8 Å². The zero-order valence-corrected chi connectivity index (χ0v) is 21.2. The number of hydrogen-bond acceptors (Lipinski definition) is 3. The first-order chi connectivity index (χ1) is 14.4. The van der Waals surface area contributed by atoms with Crippen LogP contribution in [0.3, 0.4) is 0 Å². The highest BCUT2D eigenvalue weighted by Crippen LogP contribution is 2.18. The quantitative estimate of drug-likeness (QED) is 0.483. The van der Waals surface area contributed by atoms with E-state index in [9.17, 15) is 12.8 Å². The first-order valence-corrected chi connectivity index (χ1v) is 12.5. The van der Waals surface area contributed by atoms with Crippen molar-refractivity contribution in [2.24, 2.45) is 5.92 Å². The van der Waals surface area contributed by atoms with Gasteiger partial charge in [0.25, 0.3) is 0 Å². The van der Waals surface area contributed by atoms with Crippen LogP contribution in [0.5, 0.6) is 0 Å². The standard InChI is InChI=1S/C8H8ClF.C8H6ClN.C7H17NO2S/c1-2-6-7(9)4-3-5-8(6)10;1-6-2-3-7(5-10)8(9)4-6;1-5-7(2)6-8(3)11(4,9)10/h3-5H,2H2,1H3;2-4H,1H3;7H,5-6H2,1-4H3/t;;7-/m..0/s1. The third kappa shape index (κ3) is 11.5. The first-order valence-electron chi connectivity index (χ1n) is 9.87. The molecule has 2 aromatic carbocycles. The second-order valence-corrected chi connectivity index (χ2v) is 10.1. The number of hydrogen-bond donors (Lipinski definition) is 0. The number of rotatable bonds is 5. The second kappa shape index (κ2) is 14.4. The van der Waals surface area contributed by atoms with Crippen molar-refractivity contribution in [1.82, 2.24) is 4.31 Å². The van der Waals surface area contributed by atoms with E-state index in [-0.39, 0.29) is 5.82 Å². The molecule has 2 aromatic rings. The van der Waals surface area contributed by atoms with Gasteiger partial charge in [-0.25, -0.2) is 17.1 Å². The molecular weight excluding hydrogens is 458 g/mol. The Bertz CT molecular complexity index is 956. The third-order valence-corrected chi connectivity index (χ3v) is 6.44. The molecule has 4 nitrogen and oxygen atoms in total. The van der Waals surface area contributed by atoms with Gasteiger partial charge in [0.15, 0.2) is 0 Å². The van der Waals surface area contributed by atoms with Gasteiger partial charge in [0, 0.05) is 24.2 Å². The van der Waals surface area contributed by atoms with Crippen LogP contribution in [0.2, 0.25) is 10.0 Å². The van der Waals surface area contributed by atoms with Gasteiger partial charge in [-0.15, -0.1) is 0 Å². The smallest absolute Gasteiger partial charge is 0.210 e. The Kier molecular flexibility index (Phi) is 13.7. The minimum absolute atomic E-state index is 0.213. The molecule has 0 spiro atoms. The minimum atomic E-state index is -2.97. The van der Waals surface area contributed by atoms with Gasteiger partial charge in [-0.05, 0) is 49.1 Å². The average molecular weight is 489 g/mol. The summed E-state index contributed by atoms with van der Waals surface area (Å²) in [5.74, 6) is 0.227. The molecule has 0 N–H and O–H groups in total. The summed E-state index contributed by atoms with van der Waals surface area (Å²) in [6.45, 7) is 8.54. The monoisotopic (exact) mass is 488 g/mol. The van der Waals surface area contributed by atoms with Crippen molar-refractivity contribution in [2.45, 2.75) is 40.5 Å². The lowest BCUT2D eigenvalue weighted by Crippen LogP contribution is -2.29. The maximum atomic E-state index is 12.8. The maximum Gasteiger partial charge on any atom is 0.210 e. The molecule has 1 atom stereocenters. The van der Waals surface area contributed by atoms with Gasteiger partial charge in [0.05, 0.1) is 16.8 Å². The summed E-state index contributed by atoms with van der Waals surface area (Å²) in [4.78, 5) is 0. The Morgan fingerprint density at radius 1 is 1.16 bits per heavy atom. The van der Waals surface area contributed by atoms with Crippen LogP contribution >= 0.6 is 23.2 Å². The molecule has 0 radical (unpaired) electrons. The number of aryl methyl sites for hydroxylation is 1. The third-order valence-electron chi connectivity index (χ3n) is 4.49. The number of nitrogens with zero attached hydrogens (tertiary/aromatic N) is 2. The van der Waals surface area contributed by atoms with E-state index in [1.54, 1.807) is 31.3 Å². The van der Waals surface area contributed by atoms with Crippen LogP contribution in [0.15, 0.2) is 36.4 Å². The van der Waals surface area contributed by atoms with Crippen molar-refractivity contribution in [3.05, 3.63) is 69.0 Å². The molecule has 172 valence electrons. The van der Waals surface area contributed by atoms with Gasteiger partial charge in [0.2, 0.25) is 10.0 Å². The molecule has 0 amide bonds. The summed E-state index contributed by atoms with van der Waals surface area (Å²) in [7, 11) is -1.36. The maximum absolute atomic E-state index is 12.8. The van der Waals surface area contributed by atoms with Crippen LogP contribution in [-0.2, 0) is 16.4 Å². The van der Waals surface area contributed by atoms with Crippen LogP contribution < -0.4 is 0 Å². The highest BCUT2D eigenvalue weighted by molar-refractivity contribution is 7.88. The zero-order valence-electron chi connectivity index (χ0n) is 18.9. The van der Waals surface area contributed by atoms with Gasteiger partial charge < -0.3 is 0 Å².